The van der Waals surface area contributed by atoms with E-state index >= 15 is 0 Å². The molecule has 0 amide bonds. The molecule has 154 valence electrons. The minimum atomic E-state index is -0.0451. The molecular weight excluding hydrogens is 412 g/mol. The van der Waals surface area contributed by atoms with Crippen molar-refractivity contribution in [2.45, 2.75) is 11.8 Å². The Hall–Kier alpha value is -2.70. The van der Waals surface area contributed by atoms with Gasteiger partial charge in [-0.05, 0) is 59.5 Å². The zero-order chi connectivity index (χ0) is 21.5. The summed E-state index contributed by atoms with van der Waals surface area (Å²) in [7, 11) is 4.07. The van der Waals surface area contributed by atoms with E-state index in [1.165, 1.54) is 35.7 Å². The van der Waals surface area contributed by atoms with Gasteiger partial charge in [0.15, 0.2) is 10.9 Å². The molecule has 0 atom stereocenters. The van der Waals surface area contributed by atoms with Crippen LogP contribution in [0.4, 0.5) is 11.4 Å². The molecule has 0 radical (unpaired) electrons. The number of rotatable bonds is 8. The van der Waals surface area contributed by atoms with Gasteiger partial charge in [-0.3, -0.25) is 9.59 Å². The van der Waals surface area contributed by atoms with Gasteiger partial charge in [-0.1, -0.05) is 48.2 Å². The summed E-state index contributed by atoms with van der Waals surface area (Å²) < 4.78 is 3.33. The minimum absolute atomic E-state index is 0.0334. The van der Waals surface area contributed by atoms with Crippen LogP contribution in [0.2, 0.25) is 0 Å². The highest BCUT2D eigenvalue weighted by Gasteiger charge is 2.08. The first-order valence-corrected chi connectivity index (χ1v) is 11.3. The molecule has 0 fully saturated rings. The number of Topliss-reactive ketones (excluding diaryl/α,β-unsaturated/α-hetero) is 1. The van der Waals surface area contributed by atoms with Crippen molar-refractivity contribution in [2.75, 3.05) is 29.5 Å². The molecule has 0 unspecified atom stereocenters. The van der Waals surface area contributed by atoms with Crippen LogP contribution in [0.3, 0.4) is 0 Å². The highest BCUT2D eigenvalue weighted by Crippen LogP contribution is 2.26. The second kappa shape index (κ2) is 10.4. The van der Waals surface area contributed by atoms with E-state index in [1.54, 1.807) is 12.1 Å². The molecule has 0 aliphatic carbocycles. The Morgan fingerprint density at radius 1 is 0.833 bits per heavy atom. The Labute approximate surface area is 186 Å². The van der Waals surface area contributed by atoms with Crippen LogP contribution in [0, 0.1) is 0 Å². The second-order valence-electron chi connectivity index (χ2n) is 6.95. The van der Waals surface area contributed by atoms with E-state index < -0.39 is 0 Å². The molecule has 0 heterocycles. The van der Waals surface area contributed by atoms with Gasteiger partial charge < -0.3 is 9.62 Å². The molecule has 0 saturated heterocycles. The fourth-order valence-electron chi connectivity index (χ4n) is 2.76. The lowest BCUT2D eigenvalue weighted by Crippen LogP contribution is -2.07. The van der Waals surface area contributed by atoms with Gasteiger partial charge in [-0.15, -0.1) is 0 Å². The van der Waals surface area contributed by atoms with E-state index in [0.717, 1.165) is 22.3 Å². The van der Waals surface area contributed by atoms with Crippen molar-refractivity contribution in [3.8, 4) is 11.1 Å². The zero-order valence-electron chi connectivity index (χ0n) is 17.2. The minimum Gasteiger partial charge on any atom is -0.378 e. The van der Waals surface area contributed by atoms with Crippen molar-refractivity contribution in [1.82, 2.24) is 0 Å². The van der Waals surface area contributed by atoms with E-state index in [0.29, 0.717) is 5.56 Å². The van der Waals surface area contributed by atoms with E-state index in [2.05, 4.69) is 58.2 Å². The van der Waals surface area contributed by atoms with Crippen molar-refractivity contribution in [3.63, 3.8) is 0 Å². The summed E-state index contributed by atoms with van der Waals surface area (Å²) in [6.07, 6.45) is 0. The highest BCUT2D eigenvalue weighted by molar-refractivity contribution is 8.14. The first-order valence-electron chi connectivity index (χ1n) is 9.49. The monoisotopic (exact) mass is 436 g/mol. The normalized spacial score (nSPS) is 10.5. The van der Waals surface area contributed by atoms with Crippen LogP contribution in [0.5, 0.6) is 0 Å². The Morgan fingerprint density at radius 3 is 1.93 bits per heavy atom. The summed E-state index contributed by atoms with van der Waals surface area (Å²) in [5, 5.41) is -0.0451. The molecule has 1 N–H and O–H groups in total. The molecule has 0 aliphatic rings. The van der Waals surface area contributed by atoms with Gasteiger partial charge in [-0.2, -0.15) is 0 Å². The second-order valence-corrected chi connectivity index (χ2v) is 8.98. The molecule has 3 aromatic carbocycles. The lowest BCUT2D eigenvalue weighted by Gasteiger charge is -2.13. The van der Waals surface area contributed by atoms with Gasteiger partial charge in [0.2, 0.25) is 0 Å². The summed E-state index contributed by atoms with van der Waals surface area (Å²) in [5.74, 6) is 0.151. The predicted molar refractivity (Wildman–Crippen MR) is 130 cm³/mol. The molecular formula is C24H24N2O2S2. The number of carbonyl (C=O) groups is 2. The smallest absolute Gasteiger partial charge is 0.186 e. The average molecular weight is 437 g/mol. The maximum absolute atomic E-state index is 12.0. The first-order chi connectivity index (χ1) is 14.4. The summed E-state index contributed by atoms with van der Waals surface area (Å²) in [6, 6.07) is 24.2. The topological polar surface area (TPSA) is 49.4 Å². The van der Waals surface area contributed by atoms with Crippen LogP contribution >= 0.6 is 23.7 Å². The van der Waals surface area contributed by atoms with Crippen LogP contribution in [0.1, 0.15) is 17.3 Å². The fraction of sp³-hybridized carbons (Fsp3) is 0.167. The molecule has 0 aliphatic heterocycles. The quantitative estimate of drug-likeness (QED) is 0.345. The van der Waals surface area contributed by atoms with Crippen LogP contribution < -0.4 is 9.62 Å². The van der Waals surface area contributed by atoms with E-state index in [4.69, 9.17) is 0 Å². The molecule has 3 rings (SSSR count). The first kappa shape index (κ1) is 22.0. The number of benzene rings is 3. The Kier molecular flexibility index (Phi) is 7.60. The van der Waals surface area contributed by atoms with Gasteiger partial charge in [-0.25, -0.2) is 0 Å². The third-order valence-electron chi connectivity index (χ3n) is 4.47. The molecule has 0 bridgehead atoms. The van der Waals surface area contributed by atoms with Crippen molar-refractivity contribution < 1.29 is 9.59 Å². The van der Waals surface area contributed by atoms with Crippen LogP contribution in [-0.4, -0.2) is 30.7 Å². The third-order valence-corrected chi connectivity index (χ3v) is 6.13. The lowest BCUT2D eigenvalue weighted by atomic mass is 10.1. The number of nitrogens with one attached hydrogen (secondary N) is 1. The lowest BCUT2D eigenvalue weighted by molar-refractivity contribution is -0.109. The maximum Gasteiger partial charge on any atom is 0.186 e. The SMILES string of the molecule is CC(=O)SCC(=O)c1ccc(SNc2ccc(-c3ccc(N(C)C)cc3)cc2)cc1. The van der Waals surface area contributed by atoms with E-state index in [-0.39, 0.29) is 16.7 Å². The summed E-state index contributed by atoms with van der Waals surface area (Å²) in [4.78, 5) is 26.1. The molecule has 0 spiro atoms. The molecule has 0 aromatic heterocycles. The largest absolute Gasteiger partial charge is 0.378 e. The van der Waals surface area contributed by atoms with Gasteiger partial charge >= 0.3 is 0 Å². The zero-order valence-corrected chi connectivity index (χ0v) is 18.8. The standard InChI is InChI=1S/C24H24N2O2S2/c1-17(27)29-16-24(28)20-8-14-23(15-9-20)30-25-21-10-4-18(5-11-21)19-6-12-22(13-7-19)26(2)3/h4-15,25H,16H2,1-3H3. The van der Waals surface area contributed by atoms with Gasteiger partial charge in [0, 0.05) is 42.9 Å². The number of carbonyl (C=O) groups excluding carboxylic acids is 2. The Balaban J connectivity index is 1.56. The Bertz CT molecular complexity index is 999. The summed E-state index contributed by atoms with van der Waals surface area (Å²) >= 11 is 2.53. The number of nitrogens with zero attached hydrogens (tertiary/aromatic N) is 1. The van der Waals surface area contributed by atoms with Gasteiger partial charge in [0.1, 0.15) is 0 Å². The van der Waals surface area contributed by atoms with E-state index in [1.807, 2.05) is 26.2 Å². The van der Waals surface area contributed by atoms with Gasteiger partial charge in [0.05, 0.1) is 5.75 Å². The van der Waals surface area contributed by atoms with Crippen molar-refractivity contribution in [3.05, 3.63) is 78.4 Å². The molecule has 3 aromatic rings. The molecule has 4 nitrogen and oxygen atoms in total. The maximum atomic E-state index is 12.0. The van der Waals surface area contributed by atoms with Crippen LogP contribution in [-0.2, 0) is 4.79 Å². The van der Waals surface area contributed by atoms with Crippen LogP contribution in [0.15, 0.2) is 77.7 Å². The van der Waals surface area contributed by atoms with E-state index in [9.17, 15) is 9.59 Å². The molecule has 6 heteroatoms. The molecule has 0 saturated carbocycles. The number of thioether (sulfide) groups is 1. The number of ketones is 1. The number of hydrogen-bond donors (Lipinski definition) is 1. The summed E-state index contributed by atoms with van der Waals surface area (Å²) in [5.41, 5.74) is 5.16. The Morgan fingerprint density at radius 2 is 1.40 bits per heavy atom. The number of anilines is 2. The highest BCUT2D eigenvalue weighted by atomic mass is 32.2. The van der Waals surface area contributed by atoms with Gasteiger partial charge in [0.25, 0.3) is 0 Å². The molecule has 30 heavy (non-hydrogen) atoms. The fourth-order valence-corrected chi connectivity index (χ4v) is 3.90. The average Bonchev–Trinajstić information content (AvgIpc) is 2.77. The number of hydrogen-bond acceptors (Lipinski definition) is 6. The van der Waals surface area contributed by atoms with Crippen molar-refractivity contribution in [1.29, 1.82) is 0 Å². The third kappa shape index (κ3) is 6.15. The summed E-state index contributed by atoms with van der Waals surface area (Å²) in [6.45, 7) is 1.47. The van der Waals surface area contributed by atoms with Crippen molar-refractivity contribution >= 4 is 46.0 Å². The predicted octanol–water partition coefficient (Wildman–Crippen LogP) is 6.00. The van der Waals surface area contributed by atoms with Crippen LogP contribution in [0.25, 0.3) is 11.1 Å². The van der Waals surface area contributed by atoms with Crippen molar-refractivity contribution in [2.24, 2.45) is 0 Å².